The zero-order valence-corrected chi connectivity index (χ0v) is 16.1. The Bertz CT molecular complexity index is 558. The van der Waals surface area contributed by atoms with Crippen molar-refractivity contribution in [3.8, 4) is 0 Å². The zero-order valence-electron chi connectivity index (χ0n) is 16.1. The van der Waals surface area contributed by atoms with Crippen molar-refractivity contribution in [3.05, 3.63) is 30.1 Å². The van der Waals surface area contributed by atoms with Gasteiger partial charge >= 0.3 is 0 Å². The Balaban J connectivity index is 1.44. The summed E-state index contributed by atoms with van der Waals surface area (Å²) in [5.41, 5.74) is 1.45. The van der Waals surface area contributed by atoms with Crippen LogP contribution in [-0.2, 0) is 11.2 Å². The highest BCUT2D eigenvalue weighted by molar-refractivity contribution is 5.78. The van der Waals surface area contributed by atoms with Gasteiger partial charge in [-0.15, -0.1) is 0 Å². The third kappa shape index (κ3) is 5.27. The van der Waals surface area contributed by atoms with Crippen LogP contribution in [0.5, 0.6) is 0 Å². The number of amides is 1. The molecule has 3 heterocycles. The summed E-state index contributed by atoms with van der Waals surface area (Å²) in [5, 5.41) is 0. The first-order chi connectivity index (χ1) is 11.9. The largest absolute Gasteiger partial charge is 0.342 e. The number of aromatic nitrogens is 1. The molecule has 0 N–H and O–H groups in total. The van der Waals surface area contributed by atoms with Gasteiger partial charge < -0.3 is 9.80 Å². The number of pyridine rings is 1. The standard InChI is InChI=1S/C21H33N3O/c1-21(2,3)16-23-11-6-19(15-23)18-7-12-24(13-8-18)20(25)14-17-4-9-22-10-5-17/h4-5,9-10,18-19H,6-8,11-16H2,1-3H3/t19-/m1/s1. The fourth-order valence-corrected chi connectivity index (χ4v) is 4.47. The predicted molar refractivity (Wildman–Crippen MR) is 101 cm³/mol. The van der Waals surface area contributed by atoms with Crippen LogP contribution in [0.4, 0.5) is 0 Å². The van der Waals surface area contributed by atoms with Gasteiger partial charge in [-0.1, -0.05) is 20.8 Å². The minimum Gasteiger partial charge on any atom is -0.342 e. The monoisotopic (exact) mass is 343 g/mol. The molecular weight excluding hydrogens is 310 g/mol. The second-order valence-corrected chi connectivity index (χ2v) is 9.09. The van der Waals surface area contributed by atoms with E-state index in [2.05, 4.69) is 35.6 Å². The van der Waals surface area contributed by atoms with E-state index in [-0.39, 0.29) is 5.91 Å². The molecule has 0 unspecified atom stereocenters. The number of carbonyl (C=O) groups excluding carboxylic acids is 1. The maximum Gasteiger partial charge on any atom is 0.226 e. The van der Waals surface area contributed by atoms with E-state index in [9.17, 15) is 4.79 Å². The lowest BCUT2D eigenvalue weighted by Gasteiger charge is -2.35. The topological polar surface area (TPSA) is 36.4 Å². The molecule has 1 amide bonds. The van der Waals surface area contributed by atoms with Crippen LogP contribution in [0.25, 0.3) is 0 Å². The first-order valence-electron chi connectivity index (χ1n) is 9.80. The molecule has 0 spiro atoms. The summed E-state index contributed by atoms with van der Waals surface area (Å²) in [6, 6.07) is 3.87. The number of hydrogen-bond donors (Lipinski definition) is 0. The summed E-state index contributed by atoms with van der Waals surface area (Å²) in [5.74, 6) is 1.90. The van der Waals surface area contributed by atoms with E-state index in [0.29, 0.717) is 11.8 Å². The molecule has 4 nitrogen and oxygen atoms in total. The molecule has 0 radical (unpaired) electrons. The summed E-state index contributed by atoms with van der Waals surface area (Å²) in [6.45, 7) is 12.6. The van der Waals surface area contributed by atoms with Gasteiger partial charge in [0.1, 0.15) is 0 Å². The molecule has 0 aromatic carbocycles. The van der Waals surface area contributed by atoms with Gasteiger partial charge in [-0.3, -0.25) is 9.78 Å². The molecule has 2 aliphatic heterocycles. The van der Waals surface area contributed by atoms with Crippen molar-refractivity contribution in [1.29, 1.82) is 0 Å². The maximum atomic E-state index is 12.5. The number of rotatable bonds is 4. The molecule has 2 saturated heterocycles. The van der Waals surface area contributed by atoms with Crippen molar-refractivity contribution in [2.24, 2.45) is 17.3 Å². The first kappa shape index (κ1) is 18.4. The minimum atomic E-state index is 0.269. The molecule has 1 atom stereocenters. The molecule has 25 heavy (non-hydrogen) atoms. The summed E-state index contributed by atoms with van der Waals surface area (Å²) in [4.78, 5) is 21.2. The number of carbonyl (C=O) groups is 1. The quantitative estimate of drug-likeness (QED) is 0.842. The first-order valence-corrected chi connectivity index (χ1v) is 9.80. The van der Waals surface area contributed by atoms with Crippen molar-refractivity contribution in [1.82, 2.24) is 14.8 Å². The molecule has 138 valence electrons. The lowest BCUT2D eigenvalue weighted by Crippen LogP contribution is -2.41. The summed E-state index contributed by atoms with van der Waals surface area (Å²) in [6.07, 6.45) is 7.73. The Hall–Kier alpha value is -1.42. The van der Waals surface area contributed by atoms with Crippen LogP contribution in [0.3, 0.4) is 0 Å². The molecule has 0 aliphatic carbocycles. The Kier molecular flexibility index (Phi) is 5.78. The van der Waals surface area contributed by atoms with Crippen LogP contribution in [0.2, 0.25) is 0 Å². The third-order valence-electron chi connectivity index (χ3n) is 5.67. The van der Waals surface area contributed by atoms with Gasteiger partial charge in [0.15, 0.2) is 0 Å². The van der Waals surface area contributed by atoms with Gasteiger partial charge in [-0.2, -0.15) is 0 Å². The van der Waals surface area contributed by atoms with Crippen LogP contribution in [0.1, 0.15) is 45.6 Å². The van der Waals surface area contributed by atoms with Crippen molar-refractivity contribution in [2.75, 3.05) is 32.7 Å². The smallest absolute Gasteiger partial charge is 0.226 e. The van der Waals surface area contributed by atoms with Gasteiger partial charge in [0.25, 0.3) is 0 Å². The van der Waals surface area contributed by atoms with Crippen LogP contribution < -0.4 is 0 Å². The molecule has 3 rings (SSSR count). The van der Waals surface area contributed by atoms with Gasteiger partial charge in [-0.25, -0.2) is 0 Å². The number of hydrogen-bond acceptors (Lipinski definition) is 3. The minimum absolute atomic E-state index is 0.269. The molecule has 4 heteroatoms. The van der Waals surface area contributed by atoms with Gasteiger partial charge in [0.2, 0.25) is 5.91 Å². The van der Waals surface area contributed by atoms with E-state index in [1.54, 1.807) is 12.4 Å². The molecule has 1 aromatic heterocycles. The average Bonchev–Trinajstić information content (AvgIpc) is 3.02. The molecule has 1 aromatic rings. The van der Waals surface area contributed by atoms with E-state index in [1.165, 1.54) is 38.9 Å². The van der Waals surface area contributed by atoms with E-state index >= 15 is 0 Å². The van der Waals surface area contributed by atoms with Crippen LogP contribution in [-0.4, -0.2) is 53.4 Å². The summed E-state index contributed by atoms with van der Waals surface area (Å²) < 4.78 is 0. The lowest BCUT2D eigenvalue weighted by molar-refractivity contribution is -0.132. The second-order valence-electron chi connectivity index (χ2n) is 9.09. The summed E-state index contributed by atoms with van der Waals surface area (Å²) >= 11 is 0. The Morgan fingerprint density at radius 2 is 1.72 bits per heavy atom. The predicted octanol–water partition coefficient (Wildman–Crippen LogP) is 3.23. The Morgan fingerprint density at radius 1 is 1.08 bits per heavy atom. The molecule has 0 saturated carbocycles. The average molecular weight is 344 g/mol. The number of piperidine rings is 1. The van der Waals surface area contributed by atoms with Crippen LogP contribution in [0.15, 0.2) is 24.5 Å². The molecule has 0 bridgehead atoms. The second kappa shape index (κ2) is 7.86. The van der Waals surface area contributed by atoms with Gasteiger partial charge in [0.05, 0.1) is 6.42 Å². The van der Waals surface area contributed by atoms with E-state index in [0.717, 1.165) is 30.5 Å². The zero-order chi connectivity index (χ0) is 17.9. The van der Waals surface area contributed by atoms with Crippen molar-refractivity contribution < 1.29 is 4.79 Å². The highest BCUT2D eigenvalue weighted by Crippen LogP contribution is 2.33. The van der Waals surface area contributed by atoms with Crippen molar-refractivity contribution in [3.63, 3.8) is 0 Å². The molecule has 2 aliphatic rings. The van der Waals surface area contributed by atoms with Crippen LogP contribution in [0, 0.1) is 17.3 Å². The fraction of sp³-hybridized carbons (Fsp3) is 0.714. The lowest BCUT2D eigenvalue weighted by atomic mass is 9.83. The third-order valence-corrected chi connectivity index (χ3v) is 5.67. The molecular formula is C21H33N3O. The number of likely N-dealkylation sites (tertiary alicyclic amines) is 2. The van der Waals surface area contributed by atoms with Gasteiger partial charge in [0, 0.05) is 38.6 Å². The maximum absolute atomic E-state index is 12.5. The van der Waals surface area contributed by atoms with Gasteiger partial charge in [-0.05, 0) is 60.8 Å². The van der Waals surface area contributed by atoms with Crippen LogP contribution >= 0.6 is 0 Å². The van der Waals surface area contributed by atoms with E-state index in [4.69, 9.17) is 0 Å². The highest BCUT2D eigenvalue weighted by atomic mass is 16.2. The Labute approximate surface area is 152 Å². The Morgan fingerprint density at radius 3 is 2.36 bits per heavy atom. The normalized spacial score (nSPS) is 23.2. The molecule has 2 fully saturated rings. The fourth-order valence-electron chi connectivity index (χ4n) is 4.47. The van der Waals surface area contributed by atoms with E-state index in [1.807, 2.05) is 12.1 Å². The summed E-state index contributed by atoms with van der Waals surface area (Å²) in [7, 11) is 0. The highest BCUT2D eigenvalue weighted by Gasteiger charge is 2.33. The van der Waals surface area contributed by atoms with Crippen molar-refractivity contribution in [2.45, 2.75) is 46.5 Å². The van der Waals surface area contributed by atoms with Crippen molar-refractivity contribution >= 4 is 5.91 Å². The number of nitrogens with zero attached hydrogens (tertiary/aromatic N) is 3. The SMILES string of the molecule is CC(C)(C)CN1CC[C@@H](C2CCN(C(=O)Cc3ccncc3)CC2)C1. The van der Waals surface area contributed by atoms with E-state index < -0.39 is 0 Å².